The molecule has 1 rings (SSSR count). The maximum atomic E-state index is 10.4. The highest BCUT2D eigenvalue weighted by atomic mass is 16.4. The van der Waals surface area contributed by atoms with Gasteiger partial charge >= 0.3 is 5.97 Å². The maximum absolute atomic E-state index is 10.4. The summed E-state index contributed by atoms with van der Waals surface area (Å²) in [5, 5.41) is 8.54. The third-order valence-corrected chi connectivity index (χ3v) is 1.94. The molecule has 1 N–H and O–H groups in total. The van der Waals surface area contributed by atoms with E-state index >= 15 is 0 Å². The molecule has 0 radical (unpaired) electrons. The minimum Gasteiger partial charge on any atom is -0.478 e. The van der Waals surface area contributed by atoms with Crippen LogP contribution in [0.3, 0.4) is 0 Å². The van der Waals surface area contributed by atoms with E-state index in [1.165, 1.54) is 11.6 Å². The second kappa shape index (κ2) is 4.61. The molecule has 2 heteroatoms. The van der Waals surface area contributed by atoms with Gasteiger partial charge in [-0.15, -0.1) is 0 Å². The standard InChI is InChI=1S/C12H14O2/c1-9-4-3-5-11(6-9)7-10(2)8-12(13)14/h3-6,8H,7H2,1-2H3,(H,13,14)/b10-8-. The van der Waals surface area contributed by atoms with Gasteiger partial charge in [0.1, 0.15) is 0 Å². The highest BCUT2D eigenvalue weighted by molar-refractivity contribution is 5.80. The van der Waals surface area contributed by atoms with Crippen molar-refractivity contribution in [1.29, 1.82) is 0 Å². The maximum Gasteiger partial charge on any atom is 0.328 e. The fourth-order valence-corrected chi connectivity index (χ4v) is 1.41. The first-order valence-electron chi connectivity index (χ1n) is 4.53. The van der Waals surface area contributed by atoms with Crippen molar-refractivity contribution in [2.24, 2.45) is 0 Å². The number of benzene rings is 1. The summed E-state index contributed by atoms with van der Waals surface area (Å²) >= 11 is 0. The van der Waals surface area contributed by atoms with Gasteiger partial charge in [-0.3, -0.25) is 0 Å². The minimum absolute atomic E-state index is 0.702. The van der Waals surface area contributed by atoms with Gasteiger partial charge in [0.05, 0.1) is 0 Å². The van der Waals surface area contributed by atoms with E-state index in [-0.39, 0.29) is 0 Å². The zero-order valence-corrected chi connectivity index (χ0v) is 8.45. The van der Waals surface area contributed by atoms with Gasteiger partial charge in [-0.2, -0.15) is 0 Å². The Kier molecular flexibility index (Phi) is 3.46. The average Bonchev–Trinajstić information content (AvgIpc) is 2.01. The number of aryl methyl sites for hydroxylation is 1. The lowest BCUT2D eigenvalue weighted by molar-refractivity contribution is -0.131. The van der Waals surface area contributed by atoms with E-state index in [4.69, 9.17) is 5.11 Å². The Morgan fingerprint density at radius 2 is 2.21 bits per heavy atom. The van der Waals surface area contributed by atoms with E-state index < -0.39 is 5.97 Å². The second-order valence-corrected chi connectivity index (χ2v) is 3.49. The van der Waals surface area contributed by atoms with Crippen LogP contribution in [0.1, 0.15) is 18.1 Å². The van der Waals surface area contributed by atoms with E-state index in [1.54, 1.807) is 0 Å². The lowest BCUT2D eigenvalue weighted by Crippen LogP contribution is -1.93. The number of allylic oxidation sites excluding steroid dienone is 1. The summed E-state index contributed by atoms with van der Waals surface area (Å²) in [4.78, 5) is 10.4. The van der Waals surface area contributed by atoms with E-state index in [0.29, 0.717) is 6.42 Å². The van der Waals surface area contributed by atoms with Crippen LogP contribution in [0.25, 0.3) is 0 Å². The predicted molar refractivity (Wildman–Crippen MR) is 56.3 cm³/mol. The molecule has 14 heavy (non-hydrogen) atoms. The number of carboxylic acids is 1. The average molecular weight is 190 g/mol. The van der Waals surface area contributed by atoms with Gasteiger partial charge < -0.3 is 5.11 Å². The van der Waals surface area contributed by atoms with Crippen molar-refractivity contribution in [2.75, 3.05) is 0 Å². The fourth-order valence-electron chi connectivity index (χ4n) is 1.41. The van der Waals surface area contributed by atoms with Crippen molar-refractivity contribution in [1.82, 2.24) is 0 Å². The number of hydrogen-bond acceptors (Lipinski definition) is 1. The molecule has 0 saturated heterocycles. The van der Waals surface area contributed by atoms with E-state index in [9.17, 15) is 4.79 Å². The van der Waals surface area contributed by atoms with Crippen LogP contribution in [0.4, 0.5) is 0 Å². The van der Waals surface area contributed by atoms with Crippen molar-refractivity contribution in [2.45, 2.75) is 20.3 Å². The summed E-state index contributed by atoms with van der Waals surface area (Å²) < 4.78 is 0. The summed E-state index contributed by atoms with van der Waals surface area (Å²) in [5.74, 6) is -0.879. The van der Waals surface area contributed by atoms with Gasteiger partial charge in [0, 0.05) is 6.08 Å². The molecule has 0 heterocycles. The molecule has 0 amide bonds. The highest BCUT2D eigenvalue weighted by Crippen LogP contribution is 2.09. The molecule has 0 unspecified atom stereocenters. The summed E-state index contributed by atoms with van der Waals surface area (Å²) in [7, 11) is 0. The largest absolute Gasteiger partial charge is 0.478 e. The van der Waals surface area contributed by atoms with Crippen LogP contribution in [0.2, 0.25) is 0 Å². The minimum atomic E-state index is -0.879. The first-order chi connectivity index (χ1) is 6.58. The zero-order chi connectivity index (χ0) is 10.6. The Morgan fingerprint density at radius 3 is 2.79 bits per heavy atom. The smallest absolute Gasteiger partial charge is 0.328 e. The number of carbonyl (C=O) groups is 1. The Bertz CT molecular complexity index is 364. The van der Waals surface area contributed by atoms with Gasteiger partial charge in [0.25, 0.3) is 0 Å². The Hall–Kier alpha value is -1.57. The molecule has 0 spiro atoms. The van der Waals surface area contributed by atoms with Gasteiger partial charge in [-0.05, 0) is 25.8 Å². The molecule has 0 saturated carbocycles. The van der Waals surface area contributed by atoms with E-state index in [1.807, 2.05) is 32.0 Å². The molecule has 0 fully saturated rings. The molecule has 0 atom stereocenters. The molecule has 0 aliphatic heterocycles. The van der Waals surface area contributed by atoms with Crippen molar-refractivity contribution in [3.8, 4) is 0 Å². The van der Waals surface area contributed by atoms with Crippen molar-refractivity contribution in [3.05, 3.63) is 47.0 Å². The third-order valence-electron chi connectivity index (χ3n) is 1.94. The summed E-state index contributed by atoms with van der Waals surface area (Å²) in [6, 6.07) is 8.09. The van der Waals surface area contributed by atoms with Gasteiger partial charge in [-0.25, -0.2) is 4.79 Å². The molecule has 74 valence electrons. The lowest BCUT2D eigenvalue weighted by atomic mass is 10.0. The first-order valence-corrected chi connectivity index (χ1v) is 4.53. The number of rotatable bonds is 3. The summed E-state index contributed by atoms with van der Waals surface area (Å²) in [6.07, 6.45) is 1.95. The Balaban J connectivity index is 2.74. The molecular weight excluding hydrogens is 176 g/mol. The van der Waals surface area contributed by atoms with Crippen LogP contribution in [0.5, 0.6) is 0 Å². The molecular formula is C12H14O2. The lowest BCUT2D eigenvalue weighted by Gasteiger charge is -2.01. The SMILES string of the molecule is C/C(=C/C(=O)O)Cc1cccc(C)c1. The second-order valence-electron chi connectivity index (χ2n) is 3.49. The summed E-state index contributed by atoms with van der Waals surface area (Å²) in [5.41, 5.74) is 3.22. The quantitative estimate of drug-likeness (QED) is 0.744. The van der Waals surface area contributed by atoms with Crippen LogP contribution in [0, 0.1) is 6.92 Å². The monoisotopic (exact) mass is 190 g/mol. The van der Waals surface area contributed by atoms with Crippen molar-refractivity contribution >= 4 is 5.97 Å². The van der Waals surface area contributed by atoms with Crippen LogP contribution in [-0.2, 0) is 11.2 Å². The first kappa shape index (κ1) is 10.5. The molecule has 1 aromatic rings. The Morgan fingerprint density at radius 1 is 1.50 bits per heavy atom. The summed E-state index contributed by atoms with van der Waals surface area (Å²) in [6.45, 7) is 3.86. The van der Waals surface area contributed by atoms with Crippen LogP contribution in [0.15, 0.2) is 35.9 Å². The number of carboxylic acid groups (broad SMARTS) is 1. The molecule has 1 aromatic carbocycles. The molecule has 0 aliphatic rings. The fraction of sp³-hybridized carbons (Fsp3) is 0.250. The van der Waals surface area contributed by atoms with Crippen molar-refractivity contribution in [3.63, 3.8) is 0 Å². The molecule has 0 aliphatic carbocycles. The topological polar surface area (TPSA) is 37.3 Å². The van der Waals surface area contributed by atoms with E-state index in [2.05, 4.69) is 6.07 Å². The molecule has 2 nitrogen and oxygen atoms in total. The van der Waals surface area contributed by atoms with Crippen LogP contribution in [-0.4, -0.2) is 11.1 Å². The highest BCUT2D eigenvalue weighted by Gasteiger charge is 1.97. The molecule has 0 bridgehead atoms. The zero-order valence-electron chi connectivity index (χ0n) is 8.45. The number of hydrogen-bond donors (Lipinski definition) is 1. The van der Waals surface area contributed by atoms with Crippen LogP contribution >= 0.6 is 0 Å². The van der Waals surface area contributed by atoms with Gasteiger partial charge in [0.2, 0.25) is 0 Å². The Labute approximate surface area is 83.9 Å². The van der Waals surface area contributed by atoms with Gasteiger partial charge in [0.15, 0.2) is 0 Å². The molecule has 0 aromatic heterocycles. The van der Waals surface area contributed by atoms with Crippen LogP contribution < -0.4 is 0 Å². The third kappa shape index (κ3) is 3.44. The van der Waals surface area contributed by atoms with Crippen molar-refractivity contribution < 1.29 is 9.90 Å². The van der Waals surface area contributed by atoms with Gasteiger partial charge in [-0.1, -0.05) is 35.4 Å². The normalized spacial score (nSPS) is 11.4. The van der Waals surface area contributed by atoms with E-state index in [0.717, 1.165) is 11.1 Å². The number of aliphatic carboxylic acids is 1. The predicted octanol–water partition coefficient (Wildman–Crippen LogP) is 2.57.